The Bertz CT molecular complexity index is 271. The number of thiol groups is 2. The molecular formula is C7H10N2S2. The van der Waals surface area contributed by atoms with Gasteiger partial charge in [0.1, 0.15) is 0 Å². The van der Waals surface area contributed by atoms with E-state index in [1.807, 2.05) is 13.0 Å². The zero-order chi connectivity index (χ0) is 8.59. The summed E-state index contributed by atoms with van der Waals surface area (Å²) in [7, 11) is 0. The minimum absolute atomic E-state index is 0.512. The lowest BCUT2D eigenvalue weighted by Crippen LogP contribution is -1.98. The average Bonchev–Trinajstić information content (AvgIpc) is 1.97. The third-order valence-electron chi connectivity index (χ3n) is 1.57. The van der Waals surface area contributed by atoms with Gasteiger partial charge in [0.05, 0.1) is 11.4 Å². The van der Waals surface area contributed by atoms with Crippen LogP contribution in [0.25, 0.3) is 0 Å². The molecule has 0 atom stereocenters. The number of aryl methyl sites for hydroxylation is 1. The number of nitrogens with two attached hydrogens (primary N) is 2. The van der Waals surface area contributed by atoms with Crippen molar-refractivity contribution < 1.29 is 0 Å². The van der Waals surface area contributed by atoms with Crippen molar-refractivity contribution in [2.45, 2.75) is 16.7 Å². The van der Waals surface area contributed by atoms with E-state index in [0.29, 0.717) is 16.3 Å². The number of hydrogen-bond donors (Lipinski definition) is 4. The summed E-state index contributed by atoms with van der Waals surface area (Å²) < 4.78 is 0. The van der Waals surface area contributed by atoms with Crippen LogP contribution < -0.4 is 11.5 Å². The highest BCUT2D eigenvalue weighted by molar-refractivity contribution is 7.83. The molecule has 1 rings (SSSR count). The quantitative estimate of drug-likeness (QED) is 0.368. The summed E-state index contributed by atoms with van der Waals surface area (Å²) in [6, 6.07) is 1.84. The fourth-order valence-corrected chi connectivity index (χ4v) is 1.33. The van der Waals surface area contributed by atoms with E-state index in [1.165, 1.54) is 0 Å². The van der Waals surface area contributed by atoms with Gasteiger partial charge in [-0.1, -0.05) is 0 Å². The zero-order valence-corrected chi connectivity index (χ0v) is 7.92. The molecule has 0 aromatic heterocycles. The van der Waals surface area contributed by atoms with E-state index in [4.69, 9.17) is 11.5 Å². The Hall–Kier alpha value is -0.480. The molecule has 0 unspecified atom stereocenters. The maximum absolute atomic E-state index is 5.64. The normalized spacial score (nSPS) is 10.1. The van der Waals surface area contributed by atoms with Crippen LogP contribution in [0.15, 0.2) is 15.9 Å². The van der Waals surface area contributed by atoms with Crippen LogP contribution in [0.5, 0.6) is 0 Å². The third kappa shape index (κ3) is 1.41. The Morgan fingerprint density at radius 3 is 2.27 bits per heavy atom. The zero-order valence-electron chi connectivity index (χ0n) is 6.13. The number of benzene rings is 1. The summed E-state index contributed by atoms with van der Waals surface area (Å²) in [5, 5.41) is 0. The summed E-state index contributed by atoms with van der Waals surface area (Å²) in [5.74, 6) is 0. The number of anilines is 2. The molecule has 11 heavy (non-hydrogen) atoms. The summed E-state index contributed by atoms with van der Waals surface area (Å²) in [4.78, 5) is 1.41. The Kier molecular flexibility index (Phi) is 2.25. The van der Waals surface area contributed by atoms with Crippen molar-refractivity contribution in [3.05, 3.63) is 11.6 Å². The smallest absolute Gasteiger partial charge is 0.0697 e. The van der Waals surface area contributed by atoms with Crippen LogP contribution in [0.2, 0.25) is 0 Å². The standard InChI is InChI=1S/C7H10N2S2/c1-3-2-4(10)7(11)6(9)5(3)8/h2,10-11H,8-9H2,1H3. The molecule has 60 valence electrons. The van der Waals surface area contributed by atoms with E-state index in [-0.39, 0.29) is 0 Å². The summed E-state index contributed by atoms with van der Waals surface area (Å²) in [6.07, 6.45) is 0. The molecule has 0 heterocycles. The molecule has 0 bridgehead atoms. The SMILES string of the molecule is Cc1cc(S)c(S)c(N)c1N. The predicted octanol–water partition coefficient (Wildman–Crippen LogP) is 1.74. The van der Waals surface area contributed by atoms with Gasteiger partial charge in [-0.25, -0.2) is 0 Å². The fourth-order valence-electron chi connectivity index (χ4n) is 0.829. The van der Waals surface area contributed by atoms with Gasteiger partial charge in [0.25, 0.3) is 0 Å². The second-order valence-corrected chi connectivity index (χ2v) is 3.32. The highest BCUT2D eigenvalue weighted by Crippen LogP contribution is 2.32. The summed E-state index contributed by atoms with van der Waals surface area (Å²) >= 11 is 8.32. The molecule has 0 amide bonds. The lowest BCUT2D eigenvalue weighted by molar-refractivity contribution is 1.24. The topological polar surface area (TPSA) is 52.0 Å². The molecule has 4 heteroatoms. The van der Waals surface area contributed by atoms with Gasteiger partial charge in [-0.15, -0.1) is 25.3 Å². The lowest BCUT2D eigenvalue weighted by Gasteiger charge is -2.08. The minimum Gasteiger partial charge on any atom is -0.397 e. The van der Waals surface area contributed by atoms with Crippen molar-refractivity contribution in [1.29, 1.82) is 0 Å². The molecule has 0 spiro atoms. The van der Waals surface area contributed by atoms with Crippen molar-refractivity contribution >= 4 is 36.6 Å². The number of rotatable bonds is 0. The Morgan fingerprint density at radius 1 is 1.18 bits per heavy atom. The highest BCUT2D eigenvalue weighted by Gasteiger charge is 2.05. The first-order valence-electron chi connectivity index (χ1n) is 3.10. The first-order valence-corrected chi connectivity index (χ1v) is 4.00. The minimum atomic E-state index is 0.512. The van der Waals surface area contributed by atoms with E-state index in [9.17, 15) is 0 Å². The number of hydrogen-bond acceptors (Lipinski definition) is 4. The van der Waals surface area contributed by atoms with E-state index in [1.54, 1.807) is 0 Å². The Labute approximate surface area is 76.8 Å². The van der Waals surface area contributed by atoms with Crippen LogP contribution in [0, 0.1) is 6.92 Å². The Morgan fingerprint density at radius 2 is 1.73 bits per heavy atom. The van der Waals surface area contributed by atoms with Gasteiger partial charge in [0.15, 0.2) is 0 Å². The van der Waals surface area contributed by atoms with Gasteiger partial charge in [-0.3, -0.25) is 0 Å². The van der Waals surface area contributed by atoms with Crippen LogP contribution in [0.4, 0.5) is 11.4 Å². The maximum atomic E-state index is 5.64. The highest BCUT2D eigenvalue weighted by atomic mass is 32.1. The van der Waals surface area contributed by atoms with Crippen LogP contribution in [0.1, 0.15) is 5.56 Å². The van der Waals surface area contributed by atoms with Crippen LogP contribution in [-0.2, 0) is 0 Å². The number of nitrogen functional groups attached to an aromatic ring is 2. The van der Waals surface area contributed by atoms with Crippen molar-refractivity contribution in [2.75, 3.05) is 11.5 Å². The first-order chi connectivity index (χ1) is 5.04. The summed E-state index contributed by atoms with van der Waals surface area (Å²) in [5.41, 5.74) is 13.3. The Balaban J connectivity index is 3.46. The van der Waals surface area contributed by atoms with Gasteiger partial charge in [-0.05, 0) is 18.6 Å². The van der Waals surface area contributed by atoms with E-state index in [0.717, 1.165) is 10.5 Å². The molecular weight excluding hydrogens is 176 g/mol. The van der Waals surface area contributed by atoms with E-state index < -0.39 is 0 Å². The van der Waals surface area contributed by atoms with Gasteiger partial charge in [0, 0.05) is 9.79 Å². The molecule has 0 saturated carbocycles. The molecule has 0 radical (unpaired) electrons. The first kappa shape index (κ1) is 8.62. The van der Waals surface area contributed by atoms with Crippen molar-refractivity contribution in [3.63, 3.8) is 0 Å². The molecule has 1 aromatic carbocycles. The molecule has 2 nitrogen and oxygen atoms in total. The molecule has 0 fully saturated rings. The lowest BCUT2D eigenvalue weighted by atomic mass is 10.2. The maximum Gasteiger partial charge on any atom is 0.0697 e. The van der Waals surface area contributed by atoms with Gasteiger partial charge < -0.3 is 11.5 Å². The second kappa shape index (κ2) is 2.87. The summed E-state index contributed by atoms with van der Waals surface area (Å²) in [6.45, 7) is 1.89. The second-order valence-electron chi connectivity index (χ2n) is 2.39. The van der Waals surface area contributed by atoms with Gasteiger partial charge in [0.2, 0.25) is 0 Å². The molecule has 0 aliphatic carbocycles. The average molecular weight is 186 g/mol. The van der Waals surface area contributed by atoms with Crippen molar-refractivity contribution in [2.24, 2.45) is 0 Å². The van der Waals surface area contributed by atoms with Gasteiger partial charge >= 0.3 is 0 Å². The predicted molar refractivity (Wildman–Crippen MR) is 54.5 cm³/mol. The fraction of sp³-hybridized carbons (Fsp3) is 0.143. The van der Waals surface area contributed by atoms with Crippen molar-refractivity contribution in [1.82, 2.24) is 0 Å². The van der Waals surface area contributed by atoms with Crippen molar-refractivity contribution in [3.8, 4) is 0 Å². The van der Waals surface area contributed by atoms with Crippen LogP contribution in [0.3, 0.4) is 0 Å². The van der Waals surface area contributed by atoms with Crippen LogP contribution in [-0.4, -0.2) is 0 Å². The largest absolute Gasteiger partial charge is 0.397 e. The third-order valence-corrected chi connectivity index (χ3v) is 2.58. The van der Waals surface area contributed by atoms with E-state index >= 15 is 0 Å². The monoisotopic (exact) mass is 186 g/mol. The molecule has 4 N–H and O–H groups in total. The molecule has 1 aromatic rings. The molecule has 0 aliphatic rings. The van der Waals surface area contributed by atoms with Gasteiger partial charge in [-0.2, -0.15) is 0 Å². The van der Waals surface area contributed by atoms with Crippen LogP contribution >= 0.6 is 25.3 Å². The molecule has 0 saturated heterocycles. The van der Waals surface area contributed by atoms with E-state index in [2.05, 4.69) is 25.3 Å². The molecule has 0 aliphatic heterocycles.